The van der Waals surface area contributed by atoms with Gasteiger partial charge >= 0.3 is 0 Å². The number of hydrogen-bond acceptors (Lipinski definition) is 2. The van der Waals surface area contributed by atoms with Crippen molar-refractivity contribution in [2.24, 2.45) is 0 Å². The van der Waals surface area contributed by atoms with Crippen LogP contribution < -0.4 is 9.96 Å². The summed E-state index contributed by atoms with van der Waals surface area (Å²) in [5, 5.41) is 1.96. The van der Waals surface area contributed by atoms with E-state index in [4.69, 9.17) is 0 Å². The van der Waals surface area contributed by atoms with Gasteiger partial charge in [0.25, 0.3) is 0 Å². The molecule has 2 nitrogen and oxygen atoms in total. The van der Waals surface area contributed by atoms with Gasteiger partial charge in [0.2, 0.25) is 0 Å². The summed E-state index contributed by atoms with van der Waals surface area (Å²) in [5.41, 5.74) is -0.127. The van der Waals surface area contributed by atoms with Gasteiger partial charge in [-0.15, -0.1) is 6.58 Å². The first kappa shape index (κ1) is 21.3. The molecule has 0 saturated heterocycles. The van der Waals surface area contributed by atoms with Gasteiger partial charge in [-0.1, -0.05) is 72.9 Å². The molecule has 0 aromatic rings. The molecule has 0 radical (unpaired) electrons. The molecule has 0 rings (SSSR count). The maximum absolute atomic E-state index is 4.34. The molecule has 0 aliphatic heterocycles. The van der Waals surface area contributed by atoms with Crippen LogP contribution >= 0.6 is 0 Å². The summed E-state index contributed by atoms with van der Waals surface area (Å²) < 4.78 is 0. The highest BCUT2D eigenvalue weighted by Gasteiger charge is 2.46. The third-order valence-corrected chi connectivity index (χ3v) is 16.5. The molecule has 0 aromatic carbocycles. The van der Waals surface area contributed by atoms with Crippen molar-refractivity contribution in [3.05, 3.63) is 11.8 Å². The van der Waals surface area contributed by atoms with E-state index in [2.05, 4.69) is 91.2 Å². The van der Waals surface area contributed by atoms with Crippen LogP contribution in [0.4, 0.5) is 0 Å². The Morgan fingerprint density at radius 3 is 1.14 bits per heavy atom. The van der Waals surface area contributed by atoms with Crippen molar-refractivity contribution >= 4 is 26.7 Å². The van der Waals surface area contributed by atoms with E-state index in [-0.39, 0.29) is 5.66 Å². The van der Waals surface area contributed by atoms with E-state index in [1.807, 2.05) is 0 Å². The predicted molar refractivity (Wildman–Crippen MR) is 108 cm³/mol. The molecule has 0 aromatic heterocycles. The van der Waals surface area contributed by atoms with Crippen LogP contribution in [0.15, 0.2) is 11.8 Å². The van der Waals surface area contributed by atoms with Crippen LogP contribution in [0.1, 0.15) is 48.5 Å². The van der Waals surface area contributed by atoms with Gasteiger partial charge in [0, 0.05) is 10.2 Å². The lowest BCUT2D eigenvalue weighted by molar-refractivity contribution is 0.452. The Labute approximate surface area is 139 Å². The van der Waals surface area contributed by atoms with Crippen LogP contribution in [0.5, 0.6) is 0 Å². The van der Waals surface area contributed by atoms with Crippen LogP contribution in [0.25, 0.3) is 0 Å². The molecule has 0 aliphatic rings. The SMILES string of the molecule is C=C([SiH3])C(C)(N[Si](C)(C)C(C)(C)C)N[Si](C)(C)C(C)(C)C. The molecule has 0 atom stereocenters. The highest BCUT2D eigenvalue weighted by atomic mass is 28.3. The van der Waals surface area contributed by atoms with Crippen molar-refractivity contribution < 1.29 is 0 Å². The summed E-state index contributed by atoms with van der Waals surface area (Å²) in [6, 6.07) is 0. The molecule has 0 aliphatic carbocycles. The molecule has 0 unspecified atom stereocenters. The highest BCUT2D eigenvalue weighted by molar-refractivity contribution is 6.79. The summed E-state index contributed by atoms with van der Waals surface area (Å²) >= 11 is 0. The standard InChI is InChI=1S/C16H40N2Si3/c1-13(19)16(8,17-20(9,10)14(2,3)4)18-21(11,12)15(5,6)7/h17-18H,1H2,2-12,19H3. The molecule has 0 spiro atoms. The van der Waals surface area contributed by atoms with Crippen LogP contribution in [0.2, 0.25) is 36.3 Å². The van der Waals surface area contributed by atoms with Gasteiger partial charge in [-0.3, -0.25) is 0 Å². The van der Waals surface area contributed by atoms with Crippen molar-refractivity contribution in [3.8, 4) is 0 Å². The molecule has 0 bridgehead atoms. The molecular weight excluding hydrogens is 304 g/mol. The monoisotopic (exact) mass is 344 g/mol. The van der Waals surface area contributed by atoms with Gasteiger partial charge in [0.1, 0.15) is 16.5 Å². The van der Waals surface area contributed by atoms with Crippen molar-refractivity contribution in [3.63, 3.8) is 0 Å². The summed E-state index contributed by atoms with van der Waals surface area (Å²) in [7, 11) is -2.17. The maximum Gasteiger partial charge on any atom is 0.126 e. The molecule has 0 fully saturated rings. The molecule has 0 saturated carbocycles. The summed E-state index contributed by atoms with van der Waals surface area (Å²) in [5.74, 6) is 0. The van der Waals surface area contributed by atoms with E-state index in [1.54, 1.807) is 0 Å². The number of hydrogen-bond donors (Lipinski definition) is 2. The second-order valence-corrected chi connectivity index (χ2v) is 21.1. The van der Waals surface area contributed by atoms with Gasteiger partial charge < -0.3 is 9.96 Å². The van der Waals surface area contributed by atoms with E-state index < -0.39 is 16.5 Å². The molecule has 21 heavy (non-hydrogen) atoms. The van der Waals surface area contributed by atoms with E-state index in [9.17, 15) is 0 Å². The minimum absolute atomic E-state index is 0.127. The Morgan fingerprint density at radius 2 is 1.00 bits per heavy atom. The Morgan fingerprint density at radius 1 is 0.762 bits per heavy atom. The van der Waals surface area contributed by atoms with E-state index >= 15 is 0 Å². The van der Waals surface area contributed by atoms with Gasteiger partial charge in [-0.2, -0.15) is 0 Å². The summed E-state index contributed by atoms with van der Waals surface area (Å²) in [6.07, 6.45) is 0. The topological polar surface area (TPSA) is 24.1 Å². The second-order valence-electron chi connectivity index (χ2n) is 9.91. The molecule has 126 valence electrons. The van der Waals surface area contributed by atoms with Crippen molar-refractivity contribution in [2.45, 2.75) is 90.4 Å². The predicted octanol–water partition coefficient (Wildman–Crippen LogP) is 3.77. The highest BCUT2D eigenvalue weighted by Crippen LogP contribution is 2.38. The average molecular weight is 345 g/mol. The van der Waals surface area contributed by atoms with Gasteiger partial charge in [-0.05, 0) is 17.0 Å². The molecule has 0 amide bonds. The van der Waals surface area contributed by atoms with E-state index in [1.165, 1.54) is 5.20 Å². The molecule has 5 heteroatoms. The quantitative estimate of drug-likeness (QED) is 0.586. The lowest BCUT2D eigenvalue weighted by atomic mass is 10.2. The maximum atomic E-state index is 4.34. The number of nitrogens with one attached hydrogen (secondary N) is 2. The normalized spacial score (nSPS) is 15.4. The van der Waals surface area contributed by atoms with Crippen molar-refractivity contribution in [2.75, 3.05) is 0 Å². The van der Waals surface area contributed by atoms with E-state index in [0.29, 0.717) is 10.1 Å². The lowest BCUT2D eigenvalue weighted by Crippen LogP contribution is -2.73. The van der Waals surface area contributed by atoms with Crippen LogP contribution in [-0.4, -0.2) is 32.4 Å². The molecule has 0 heterocycles. The van der Waals surface area contributed by atoms with Crippen molar-refractivity contribution in [1.29, 1.82) is 0 Å². The molecule has 2 N–H and O–H groups in total. The third kappa shape index (κ3) is 5.16. The Hall–Kier alpha value is 0.311. The first-order valence-corrected chi connectivity index (χ1v) is 15.1. The largest absolute Gasteiger partial charge is 0.317 e. The zero-order chi connectivity index (χ0) is 17.5. The summed E-state index contributed by atoms with van der Waals surface area (Å²) in [4.78, 5) is 8.07. The van der Waals surface area contributed by atoms with Crippen LogP contribution in [0.3, 0.4) is 0 Å². The summed E-state index contributed by atoms with van der Waals surface area (Å²) in [6.45, 7) is 30.5. The fourth-order valence-corrected chi connectivity index (χ4v) is 6.55. The van der Waals surface area contributed by atoms with Crippen LogP contribution in [-0.2, 0) is 0 Å². The minimum Gasteiger partial charge on any atom is -0.317 e. The van der Waals surface area contributed by atoms with Gasteiger partial charge in [0.05, 0.1) is 5.66 Å². The Kier molecular flexibility index (Phi) is 6.16. The average Bonchev–Trinajstić information content (AvgIpc) is 2.10. The van der Waals surface area contributed by atoms with Gasteiger partial charge in [-0.25, -0.2) is 0 Å². The number of rotatable bonds is 5. The first-order valence-electron chi connectivity index (χ1n) is 8.10. The zero-order valence-corrected chi connectivity index (χ0v) is 20.7. The Balaban J connectivity index is 5.55. The fourth-order valence-electron chi connectivity index (χ4n) is 1.87. The van der Waals surface area contributed by atoms with E-state index in [0.717, 1.165) is 10.2 Å². The van der Waals surface area contributed by atoms with Crippen molar-refractivity contribution in [1.82, 2.24) is 9.96 Å². The van der Waals surface area contributed by atoms with Gasteiger partial charge in [0.15, 0.2) is 0 Å². The smallest absolute Gasteiger partial charge is 0.126 e. The second kappa shape index (κ2) is 6.07. The van der Waals surface area contributed by atoms with Crippen LogP contribution in [0, 0.1) is 0 Å². The molecular formula is C16H40N2Si3. The minimum atomic E-state index is -1.59. The third-order valence-electron chi connectivity index (χ3n) is 5.73. The zero-order valence-electron chi connectivity index (χ0n) is 16.7. The lowest BCUT2D eigenvalue weighted by Gasteiger charge is -2.51. The fraction of sp³-hybridized carbons (Fsp3) is 0.875. The Bertz CT molecular complexity index is 359. The first-order chi connectivity index (χ1) is 8.86.